The average molecular weight is 260 g/mol. The Labute approximate surface area is 107 Å². The monoisotopic (exact) mass is 260 g/mol. The maximum absolute atomic E-state index is 13.3. The van der Waals surface area contributed by atoms with Gasteiger partial charge in [-0.15, -0.1) is 0 Å². The van der Waals surface area contributed by atoms with E-state index < -0.39 is 5.82 Å². The zero-order valence-electron chi connectivity index (χ0n) is 10.1. The molecule has 0 aliphatic carbocycles. The lowest BCUT2D eigenvalue weighted by molar-refractivity contribution is 0.387. The highest BCUT2D eigenvalue weighted by atomic mass is 19.1. The molecule has 1 heterocycles. The lowest BCUT2D eigenvalue weighted by Crippen LogP contribution is -1.89. The number of nitrogens with zero attached hydrogens (tertiary/aromatic N) is 1. The summed E-state index contributed by atoms with van der Waals surface area (Å²) >= 11 is 0. The van der Waals surface area contributed by atoms with Crippen LogP contribution < -0.4 is 4.74 Å². The molecule has 1 aromatic heterocycles. The summed E-state index contributed by atoms with van der Waals surface area (Å²) in [5, 5.41) is 0. The van der Waals surface area contributed by atoms with Gasteiger partial charge in [0.25, 0.3) is 0 Å². The quantitative estimate of drug-likeness (QED) is 0.765. The van der Waals surface area contributed by atoms with Gasteiger partial charge in [0.05, 0.1) is 18.1 Å². The van der Waals surface area contributed by atoms with Crippen LogP contribution in [0.4, 0.5) is 8.78 Å². The Hall–Kier alpha value is -2.43. The third-order valence-corrected chi connectivity index (χ3v) is 2.87. The van der Waals surface area contributed by atoms with E-state index in [1.54, 1.807) is 18.2 Å². The molecule has 3 rings (SSSR count). The van der Waals surface area contributed by atoms with Crippen LogP contribution in [0.25, 0.3) is 22.4 Å². The van der Waals surface area contributed by atoms with Gasteiger partial charge in [0.1, 0.15) is 11.6 Å². The molecule has 0 radical (unpaired) electrons. The Balaban J connectivity index is 2.13. The highest BCUT2D eigenvalue weighted by molar-refractivity contribution is 5.79. The van der Waals surface area contributed by atoms with E-state index in [-0.39, 0.29) is 11.6 Å². The van der Waals surface area contributed by atoms with Crippen LogP contribution in [0.2, 0.25) is 0 Å². The molecule has 0 saturated heterocycles. The van der Waals surface area contributed by atoms with Gasteiger partial charge in [-0.05, 0) is 36.4 Å². The van der Waals surface area contributed by atoms with Crippen molar-refractivity contribution in [3.63, 3.8) is 0 Å². The number of methoxy groups -OCH3 is 1. The van der Waals surface area contributed by atoms with Crippen LogP contribution in [0, 0.1) is 11.6 Å². The number of rotatable bonds is 2. The van der Waals surface area contributed by atoms with Gasteiger partial charge in [-0.2, -0.15) is 0 Å². The number of hydrogen-bond donors (Lipinski definition) is 1. The largest absolute Gasteiger partial charge is 0.494 e. The minimum Gasteiger partial charge on any atom is -0.494 e. The van der Waals surface area contributed by atoms with E-state index >= 15 is 0 Å². The molecule has 3 aromatic rings. The van der Waals surface area contributed by atoms with Crippen molar-refractivity contribution in [1.82, 2.24) is 9.97 Å². The number of aromatic nitrogens is 2. The molecule has 0 bridgehead atoms. The van der Waals surface area contributed by atoms with E-state index in [1.807, 2.05) is 0 Å². The molecule has 3 nitrogen and oxygen atoms in total. The van der Waals surface area contributed by atoms with E-state index in [4.69, 9.17) is 4.74 Å². The molecule has 96 valence electrons. The Bertz CT molecular complexity index is 752. The average Bonchev–Trinajstić information content (AvgIpc) is 2.82. The van der Waals surface area contributed by atoms with Crippen LogP contribution in [0.5, 0.6) is 5.75 Å². The van der Waals surface area contributed by atoms with E-state index in [0.717, 1.165) is 0 Å². The van der Waals surface area contributed by atoms with Crippen LogP contribution in [-0.2, 0) is 0 Å². The maximum atomic E-state index is 13.3. The van der Waals surface area contributed by atoms with Crippen molar-refractivity contribution in [2.24, 2.45) is 0 Å². The first-order valence-corrected chi connectivity index (χ1v) is 5.66. The Morgan fingerprint density at radius 3 is 2.74 bits per heavy atom. The predicted octanol–water partition coefficient (Wildman–Crippen LogP) is 3.52. The van der Waals surface area contributed by atoms with Crippen molar-refractivity contribution in [3.05, 3.63) is 48.0 Å². The second-order valence-electron chi connectivity index (χ2n) is 4.10. The Morgan fingerprint density at radius 1 is 1.11 bits per heavy atom. The lowest BCUT2D eigenvalue weighted by Gasteiger charge is -2.03. The smallest absolute Gasteiger partial charge is 0.165 e. The van der Waals surface area contributed by atoms with Crippen LogP contribution in [0.1, 0.15) is 0 Å². The third kappa shape index (κ3) is 2.03. The fourth-order valence-corrected chi connectivity index (χ4v) is 1.93. The highest BCUT2D eigenvalue weighted by Crippen LogP contribution is 2.26. The van der Waals surface area contributed by atoms with Gasteiger partial charge in [-0.25, -0.2) is 13.8 Å². The standard InChI is InChI=1S/C14H10F2N2O/c1-19-13-6-8(2-4-10(13)16)14-17-11-5-3-9(15)7-12(11)18-14/h2-7H,1H3,(H,17,18). The van der Waals surface area contributed by atoms with Gasteiger partial charge in [-0.1, -0.05) is 0 Å². The minimum atomic E-state index is -0.437. The zero-order valence-corrected chi connectivity index (χ0v) is 10.1. The van der Waals surface area contributed by atoms with Crippen LogP contribution in [0.15, 0.2) is 36.4 Å². The molecule has 0 amide bonds. The Kier molecular flexibility index (Phi) is 2.67. The van der Waals surface area contributed by atoms with E-state index in [1.165, 1.54) is 25.3 Å². The fraction of sp³-hybridized carbons (Fsp3) is 0.0714. The second kappa shape index (κ2) is 4.35. The van der Waals surface area contributed by atoms with E-state index in [2.05, 4.69) is 9.97 Å². The van der Waals surface area contributed by atoms with Crippen molar-refractivity contribution in [3.8, 4) is 17.1 Å². The highest BCUT2D eigenvalue weighted by Gasteiger charge is 2.09. The number of halogens is 2. The van der Waals surface area contributed by atoms with Gasteiger partial charge < -0.3 is 9.72 Å². The second-order valence-corrected chi connectivity index (χ2v) is 4.10. The molecular formula is C14H10F2N2O. The topological polar surface area (TPSA) is 37.9 Å². The van der Waals surface area contributed by atoms with Crippen molar-refractivity contribution >= 4 is 11.0 Å². The summed E-state index contributed by atoms with van der Waals surface area (Å²) in [6, 6.07) is 8.74. The summed E-state index contributed by atoms with van der Waals surface area (Å²) in [7, 11) is 1.40. The van der Waals surface area contributed by atoms with E-state index in [0.29, 0.717) is 22.4 Å². The van der Waals surface area contributed by atoms with Gasteiger partial charge in [0, 0.05) is 5.56 Å². The normalized spacial score (nSPS) is 10.9. The summed E-state index contributed by atoms with van der Waals surface area (Å²) in [5.74, 6) is -0.0872. The molecule has 0 saturated carbocycles. The summed E-state index contributed by atoms with van der Waals surface area (Å²) < 4.78 is 31.4. The number of benzene rings is 2. The number of aromatic amines is 1. The molecule has 0 spiro atoms. The van der Waals surface area contributed by atoms with Crippen molar-refractivity contribution in [2.45, 2.75) is 0 Å². The molecule has 0 atom stereocenters. The van der Waals surface area contributed by atoms with Crippen molar-refractivity contribution in [1.29, 1.82) is 0 Å². The molecule has 0 fully saturated rings. The molecule has 2 aromatic carbocycles. The van der Waals surface area contributed by atoms with Crippen molar-refractivity contribution < 1.29 is 13.5 Å². The summed E-state index contributed by atoms with van der Waals surface area (Å²) in [6.45, 7) is 0. The number of fused-ring (bicyclic) bond motifs is 1. The number of imidazole rings is 1. The number of ether oxygens (including phenoxy) is 1. The zero-order chi connectivity index (χ0) is 13.4. The number of hydrogen-bond acceptors (Lipinski definition) is 2. The number of H-pyrrole nitrogens is 1. The molecular weight excluding hydrogens is 250 g/mol. The maximum Gasteiger partial charge on any atom is 0.165 e. The summed E-state index contributed by atoms with van der Waals surface area (Å²) in [4.78, 5) is 7.32. The minimum absolute atomic E-state index is 0.143. The van der Waals surface area contributed by atoms with Crippen LogP contribution >= 0.6 is 0 Å². The summed E-state index contributed by atoms with van der Waals surface area (Å²) in [6.07, 6.45) is 0. The summed E-state index contributed by atoms with van der Waals surface area (Å²) in [5.41, 5.74) is 1.92. The first-order chi connectivity index (χ1) is 9.17. The molecule has 5 heteroatoms. The molecule has 19 heavy (non-hydrogen) atoms. The lowest BCUT2D eigenvalue weighted by atomic mass is 10.2. The molecule has 1 N–H and O–H groups in total. The SMILES string of the molecule is COc1cc(-c2nc3ccc(F)cc3[nH]2)ccc1F. The van der Waals surface area contributed by atoms with Crippen LogP contribution in [-0.4, -0.2) is 17.1 Å². The van der Waals surface area contributed by atoms with Gasteiger partial charge in [-0.3, -0.25) is 0 Å². The predicted molar refractivity (Wildman–Crippen MR) is 68.0 cm³/mol. The third-order valence-electron chi connectivity index (χ3n) is 2.87. The molecule has 0 unspecified atom stereocenters. The van der Waals surface area contributed by atoms with E-state index in [9.17, 15) is 8.78 Å². The Morgan fingerprint density at radius 2 is 1.95 bits per heavy atom. The fourth-order valence-electron chi connectivity index (χ4n) is 1.93. The van der Waals surface area contributed by atoms with Crippen molar-refractivity contribution in [2.75, 3.05) is 7.11 Å². The number of nitrogens with one attached hydrogen (secondary N) is 1. The van der Waals surface area contributed by atoms with Gasteiger partial charge >= 0.3 is 0 Å². The first kappa shape index (κ1) is 11.6. The van der Waals surface area contributed by atoms with Crippen LogP contribution in [0.3, 0.4) is 0 Å². The first-order valence-electron chi connectivity index (χ1n) is 5.66. The molecule has 0 aliphatic heterocycles. The van der Waals surface area contributed by atoms with Gasteiger partial charge in [0.15, 0.2) is 11.6 Å². The van der Waals surface area contributed by atoms with Gasteiger partial charge in [0.2, 0.25) is 0 Å². The molecule has 0 aliphatic rings.